The molecule has 0 aromatic heterocycles. The average molecular weight is 292 g/mol. The summed E-state index contributed by atoms with van der Waals surface area (Å²) >= 11 is 3.37. The van der Waals surface area contributed by atoms with Gasteiger partial charge in [0.15, 0.2) is 0 Å². The van der Waals surface area contributed by atoms with Crippen molar-refractivity contribution in [3.63, 3.8) is 0 Å². The number of aliphatic hydroxyl groups is 1. The molecule has 3 heteroatoms. The van der Waals surface area contributed by atoms with E-state index in [0.717, 1.165) is 21.2 Å². The molecule has 0 aliphatic carbocycles. The molecule has 0 spiro atoms. The Kier molecular flexibility index (Phi) is 3.50. The molecule has 17 heavy (non-hydrogen) atoms. The molecule has 2 aromatic carbocycles. The quantitative estimate of drug-likeness (QED) is 0.833. The minimum absolute atomic E-state index is 0.586. The number of aryl methyl sites for hydroxylation is 1. The molecule has 0 aliphatic rings. The van der Waals surface area contributed by atoms with E-state index in [1.165, 1.54) is 0 Å². The second-order valence-electron chi connectivity index (χ2n) is 4.00. The Bertz CT molecular complexity index is 539. The van der Waals surface area contributed by atoms with E-state index in [1.54, 1.807) is 0 Å². The van der Waals surface area contributed by atoms with Gasteiger partial charge in [0.05, 0.1) is 5.69 Å². The van der Waals surface area contributed by atoms with Crippen LogP contribution in [-0.2, 0) is 0 Å². The van der Waals surface area contributed by atoms with Gasteiger partial charge in [-0.3, -0.25) is 0 Å². The van der Waals surface area contributed by atoms with E-state index in [0.29, 0.717) is 5.69 Å². The van der Waals surface area contributed by atoms with E-state index in [9.17, 15) is 5.11 Å². The summed E-state index contributed by atoms with van der Waals surface area (Å²) in [6.07, 6.45) is -0.686. The number of hydrogen-bond donors (Lipinski definition) is 2. The topological polar surface area (TPSA) is 46.2 Å². The Morgan fingerprint density at radius 2 is 1.71 bits per heavy atom. The van der Waals surface area contributed by atoms with E-state index in [4.69, 9.17) is 5.73 Å². The number of benzene rings is 2. The summed E-state index contributed by atoms with van der Waals surface area (Å²) in [5, 5.41) is 10.4. The van der Waals surface area contributed by atoms with Crippen LogP contribution in [0.15, 0.2) is 46.9 Å². The van der Waals surface area contributed by atoms with Crippen molar-refractivity contribution >= 4 is 21.6 Å². The maximum absolute atomic E-state index is 10.4. The van der Waals surface area contributed by atoms with Crippen LogP contribution in [0.4, 0.5) is 5.69 Å². The van der Waals surface area contributed by atoms with Crippen LogP contribution in [0.2, 0.25) is 0 Å². The molecule has 1 unspecified atom stereocenters. The summed E-state index contributed by atoms with van der Waals surface area (Å²) < 4.78 is 0.808. The molecule has 0 heterocycles. The number of aliphatic hydroxyl groups excluding tert-OH is 1. The van der Waals surface area contributed by atoms with Crippen molar-refractivity contribution in [2.24, 2.45) is 0 Å². The Morgan fingerprint density at radius 3 is 2.41 bits per heavy atom. The van der Waals surface area contributed by atoms with Crippen molar-refractivity contribution in [3.05, 3.63) is 63.6 Å². The van der Waals surface area contributed by atoms with Gasteiger partial charge in [0.1, 0.15) is 6.10 Å². The third-order valence-electron chi connectivity index (χ3n) is 2.86. The fraction of sp³-hybridized carbons (Fsp3) is 0.143. The lowest BCUT2D eigenvalue weighted by atomic mass is 9.96. The summed E-state index contributed by atoms with van der Waals surface area (Å²) in [5.41, 5.74) is 9.22. The molecule has 0 saturated heterocycles. The van der Waals surface area contributed by atoms with E-state index in [2.05, 4.69) is 15.9 Å². The standard InChI is InChI=1S/C14H14BrNO/c1-9-5-2-3-6-10(9)14(17)11-7-4-8-12(15)13(11)16/h2-8,14,17H,16H2,1H3. The van der Waals surface area contributed by atoms with Crippen molar-refractivity contribution in [1.82, 2.24) is 0 Å². The third kappa shape index (κ3) is 2.35. The molecule has 2 nitrogen and oxygen atoms in total. The highest BCUT2D eigenvalue weighted by atomic mass is 79.9. The van der Waals surface area contributed by atoms with Crippen LogP contribution >= 0.6 is 15.9 Å². The molecule has 2 aromatic rings. The number of nitrogens with two attached hydrogens (primary N) is 1. The zero-order valence-electron chi connectivity index (χ0n) is 9.52. The number of halogens is 1. The van der Waals surface area contributed by atoms with Gasteiger partial charge in [0, 0.05) is 10.0 Å². The van der Waals surface area contributed by atoms with Gasteiger partial charge in [-0.05, 0) is 40.0 Å². The van der Waals surface area contributed by atoms with Crippen LogP contribution in [0, 0.1) is 6.92 Å². The van der Waals surface area contributed by atoms with Gasteiger partial charge in [-0.2, -0.15) is 0 Å². The second kappa shape index (κ2) is 4.90. The van der Waals surface area contributed by atoms with Crippen LogP contribution in [0.1, 0.15) is 22.8 Å². The van der Waals surface area contributed by atoms with Crippen molar-refractivity contribution in [2.75, 3.05) is 5.73 Å². The van der Waals surface area contributed by atoms with E-state index in [-0.39, 0.29) is 0 Å². The summed E-state index contributed by atoms with van der Waals surface area (Å²) in [4.78, 5) is 0. The van der Waals surface area contributed by atoms with Gasteiger partial charge in [-0.15, -0.1) is 0 Å². The molecule has 88 valence electrons. The highest BCUT2D eigenvalue weighted by Gasteiger charge is 2.16. The third-order valence-corrected chi connectivity index (χ3v) is 3.56. The highest BCUT2D eigenvalue weighted by Crippen LogP contribution is 2.32. The highest BCUT2D eigenvalue weighted by molar-refractivity contribution is 9.10. The normalized spacial score (nSPS) is 12.4. The minimum atomic E-state index is -0.686. The predicted molar refractivity (Wildman–Crippen MR) is 73.8 cm³/mol. The lowest BCUT2D eigenvalue weighted by Gasteiger charge is -2.16. The molecule has 0 aliphatic heterocycles. The molecule has 2 rings (SSSR count). The number of nitrogen functional groups attached to an aromatic ring is 1. The number of anilines is 1. The molecule has 0 radical (unpaired) electrons. The summed E-state index contributed by atoms with van der Waals surface area (Å²) in [5.74, 6) is 0. The monoisotopic (exact) mass is 291 g/mol. The number of para-hydroxylation sites is 1. The Labute approximate surface area is 109 Å². The Hall–Kier alpha value is -1.32. The van der Waals surface area contributed by atoms with Crippen molar-refractivity contribution < 1.29 is 5.11 Å². The van der Waals surface area contributed by atoms with Gasteiger partial charge in [-0.25, -0.2) is 0 Å². The molecular weight excluding hydrogens is 278 g/mol. The van der Waals surface area contributed by atoms with Gasteiger partial charge in [0.25, 0.3) is 0 Å². The van der Waals surface area contributed by atoms with E-state index < -0.39 is 6.10 Å². The molecule has 0 bridgehead atoms. The van der Waals surface area contributed by atoms with Crippen LogP contribution < -0.4 is 5.73 Å². The lowest BCUT2D eigenvalue weighted by Crippen LogP contribution is -2.05. The molecule has 3 N–H and O–H groups in total. The fourth-order valence-corrected chi connectivity index (χ4v) is 2.23. The summed E-state index contributed by atoms with van der Waals surface area (Å²) in [6, 6.07) is 13.3. The van der Waals surface area contributed by atoms with E-state index in [1.807, 2.05) is 49.4 Å². The summed E-state index contributed by atoms with van der Waals surface area (Å²) in [6.45, 7) is 1.98. The van der Waals surface area contributed by atoms with Crippen LogP contribution in [0.5, 0.6) is 0 Å². The largest absolute Gasteiger partial charge is 0.398 e. The maximum Gasteiger partial charge on any atom is 0.106 e. The number of hydrogen-bond acceptors (Lipinski definition) is 2. The zero-order chi connectivity index (χ0) is 12.4. The Morgan fingerprint density at radius 1 is 1.06 bits per heavy atom. The predicted octanol–water partition coefficient (Wildman–Crippen LogP) is 3.42. The first kappa shape index (κ1) is 12.1. The first-order chi connectivity index (χ1) is 8.11. The van der Waals surface area contributed by atoms with E-state index >= 15 is 0 Å². The molecular formula is C14H14BrNO. The Balaban J connectivity index is 2.48. The van der Waals surface area contributed by atoms with Gasteiger partial charge < -0.3 is 10.8 Å². The average Bonchev–Trinajstić information content (AvgIpc) is 2.32. The van der Waals surface area contributed by atoms with Crippen molar-refractivity contribution in [2.45, 2.75) is 13.0 Å². The zero-order valence-corrected chi connectivity index (χ0v) is 11.1. The van der Waals surface area contributed by atoms with Crippen LogP contribution in [0.25, 0.3) is 0 Å². The number of rotatable bonds is 2. The fourth-order valence-electron chi connectivity index (χ4n) is 1.85. The minimum Gasteiger partial charge on any atom is -0.398 e. The van der Waals surface area contributed by atoms with Crippen molar-refractivity contribution in [1.29, 1.82) is 0 Å². The van der Waals surface area contributed by atoms with Crippen molar-refractivity contribution in [3.8, 4) is 0 Å². The molecule has 1 atom stereocenters. The smallest absolute Gasteiger partial charge is 0.106 e. The van der Waals surface area contributed by atoms with Crippen LogP contribution in [0.3, 0.4) is 0 Å². The lowest BCUT2D eigenvalue weighted by molar-refractivity contribution is 0.220. The summed E-state index contributed by atoms with van der Waals surface area (Å²) in [7, 11) is 0. The van der Waals surface area contributed by atoms with Gasteiger partial charge >= 0.3 is 0 Å². The molecule has 0 saturated carbocycles. The maximum atomic E-state index is 10.4. The SMILES string of the molecule is Cc1ccccc1C(O)c1cccc(Br)c1N. The molecule has 0 fully saturated rings. The second-order valence-corrected chi connectivity index (χ2v) is 4.86. The molecule has 0 amide bonds. The van der Waals surface area contributed by atoms with Gasteiger partial charge in [0.2, 0.25) is 0 Å². The first-order valence-corrected chi connectivity index (χ1v) is 6.18. The van der Waals surface area contributed by atoms with Crippen LogP contribution in [-0.4, -0.2) is 5.11 Å². The van der Waals surface area contributed by atoms with Gasteiger partial charge in [-0.1, -0.05) is 36.4 Å². The first-order valence-electron chi connectivity index (χ1n) is 5.38.